The van der Waals surface area contributed by atoms with Gasteiger partial charge in [-0.25, -0.2) is 13.1 Å². The summed E-state index contributed by atoms with van der Waals surface area (Å²) >= 11 is 0. The number of hydrogen-bond donors (Lipinski definition) is 3. The topological polar surface area (TPSA) is 139 Å². The first kappa shape index (κ1) is 15.9. The van der Waals surface area contributed by atoms with Crippen LogP contribution in [0.1, 0.15) is 10.4 Å². The molecule has 1 aromatic carbocycles. The number of para-hydroxylation sites is 1. The predicted octanol–water partition coefficient (Wildman–Crippen LogP) is -0.421. The molecular formula is C10H13N3O6S. The minimum absolute atomic E-state index is 0.0198. The van der Waals surface area contributed by atoms with E-state index < -0.39 is 32.3 Å². The molecule has 0 atom stereocenters. The second-order valence-electron chi connectivity index (χ2n) is 3.85. The number of nitrogens with one attached hydrogen (secondary N) is 2. The number of hydrogen-bond acceptors (Lipinski definition) is 6. The van der Waals surface area contributed by atoms with Gasteiger partial charge >= 0.3 is 5.69 Å². The van der Waals surface area contributed by atoms with Crippen molar-refractivity contribution < 1.29 is 23.2 Å². The second kappa shape index (κ2) is 6.30. The number of aromatic hydroxyl groups is 1. The first-order valence-corrected chi connectivity index (χ1v) is 7.30. The molecule has 110 valence electrons. The fourth-order valence-electron chi connectivity index (χ4n) is 1.37. The van der Waals surface area contributed by atoms with E-state index in [1.165, 1.54) is 12.1 Å². The molecule has 0 aliphatic carbocycles. The lowest BCUT2D eigenvalue weighted by Crippen LogP contribution is -2.34. The Morgan fingerprint density at radius 3 is 2.60 bits per heavy atom. The quantitative estimate of drug-likeness (QED) is 0.370. The number of phenols is 1. The number of carbonyl (C=O) groups is 1. The third-order valence-corrected chi connectivity index (χ3v) is 2.96. The Labute approximate surface area is 114 Å². The molecular weight excluding hydrogens is 290 g/mol. The molecule has 9 nitrogen and oxygen atoms in total. The molecule has 0 aliphatic heterocycles. The van der Waals surface area contributed by atoms with Crippen molar-refractivity contribution >= 4 is 21.6 Å². The maximum absolute atomic E-state index is 11.7. The van der Waals surface area contributed by atoms with Crippen molar-refractivity contribution in [3.63, 3.8) is 0 Å². The lowest BCUT2D eigenvalue weighted by molar-refractivity contribution is -0.385. The van der Waals surface area contributed by atoms with E-state index in [1.54, 1.807) is 0 Å². The zero-order valence-corrected chi connectivity index (χ0v) is 11.3. The van der Waals surface area contributed by atoms with Crippen molar-refractivity contribution in [2.75, 3.05) is 19.3 Å². The SMILES string of the molecule is CS(=O)(=O)NCCNC(=O)c1cccc([N+](=O)[O-])c1O. The molecule has 0 bridgehead atoms. The van der Waals surface area contributed by atoms with Crippen molar-refractivity contribution in [1.29, 1.82) is 0 Å². The van der Waals surface area contributed by atoms with Crippen LogP contribution in [-0.4, -0.2) is 43.7 Å². The maximum atomic E-state index is 11.7. The zero-order chi connectivity index (χ0) is 15.3. The summed E-state index contributed by atoms with van der Waals surface area (Å²) in [6.07, 6.45) is 0.973. The molecule has 0 spiro atoms. The van der Waals surface area contributed by atoms with Crippen LogP contribution in [0.5, 0.6) is 5.75 Å². The fourth-order valence-corrected chi connectivity index (χ4v) is 1.84. The summed E-state index contributed by atoms with van der Waals surface area (Å²) in [7, 11) is -3.35. The Bertz CT molecular complexity index is 628. The molecule has 1 amide bonds. The number of nitro groups is 1. The van der Waals surface area contributed by atoms with Gasteiger partial charge in [-0.15, -0.1) is 0 Å². The average Bonchev–Trinajstić information content (AvgIpc) is 2.33. The number of amides is 1. The smallest absolute Gasteiger partial charge is 0.311 e. The van der Waals surface area contributed by atoms with Crippen LogP contribution < -0.4 is 10.0 Å². The summed E-state index contributed by atoms with van der Waals surface area (Å²) < 4.78 is 23.7. The third kappa shape index (κ3) is 4.48. The van der Waals surface area contributed by atoms with Crippen molar-refractivity contribution in [2.24, 2.45) is 0 Å². The lowest BCUT2D eigenvalue weighted by atomic mass is 10.1. The van der Waals surface area contributed by atoms with Gasteiger partial charge in [0.2, 0.25) is 15.8 Å². The van der Waals surface area contributed by atoms with Gasteiger partial charge in [0.05, 0.1) is 16.7 Å². The van der Waals surface area contributed by atoms with Gasteiger partial charge < -0.3 is 10.4 Å². The van der Waals surface area contributed by atoms with Crippen LogP contribution in [0.4, 0.5) is 5.69 Å². The van der Waals surface area contributed by atoms with E-state index >= 15 is 0 Å². The van der Waals surface area contributed by atoms with Crippen molar-refractivity contribution in [3.8, 4) is 5.75 Å². The van der Waals surface area contributed by atoms with E-state index in [0.717, 1.165) is 12.3 Å². The highest BCUT2D eigenvalue weighted by molar-refractivity contribution is 7.88. The molecule has 0 fully saturated rings. The number of nitro benzene ring substituents is 1. The number of phenolic OH excluding ortho intramolecular Hbond substituents is 1. The molecule has 1 aromatic rings. The van der Waals surface area contributed by atoms with Gasteiger partial charge in [0.15, 0.2) is 0 Å². The first-order chi connectivity index (χ1) is 9.22. The molecule has 3 N–H and O–H groups in total. The van der Waals surface area contributed by atoms with E-state index in [9.17, 15) is 28.4 Å². The highest BCUT2D eigenvalue weighted by Crippen LogP contribution is 2.28. The van der Waals surface area contributed by atoms with E-state index in [1.807, 2.05) is 0 Å². The number of nitrogens with zero attached hydrogens (tertiary/aromatic N) is 1. The Morgan fingerprint density at radius 2 is 2.05 bits per heavy atom. The summed E-state index contributed by atoms with van der Waals surface area (Å²) in [5.41, 5.74) is -0.828. The maximum Gasteiger partial charge on any atom is 0.311 e. The lowest BCUT2D eigenvalue weighted by Gasteiger charge is -2.07. The van der Waals surface area contributed by atoms with E-state index in [0.29, 0.717) is 0 Å². The number of sulfonamides is 1. The summed E-state index contributed by atoms with van der Waals surface area (Å²) in [6, 6.07) is 3.56. The van der Waals surface area contributed by atoms with Gasteiger partial charge in [0.25, 0.3) is 5.91 Å². The minimum Gasteiger partial charge on any atom is -0.502 e. The number of carbonyl (C=O) groups excluding carboxylic acids is 1. The molecule has 20 heavy (non-hydrogen) atoms. The predicted molar refractivity (Wildman–Crippen MR) is 69.9 cm³/mol. The molecule has 0 saturated carbocycles. The van der Waals surface area contributed by atoms with E-state index in [2.05, 4.69) is 10.0 Å². The van der Waals surface area contributed by atoms with Crippen LogP contribution >= 0.6 is 0 Å². The van der Waals surface area contributed by atoms with Crippen molar-refractivity contribution in [1.82, 2.24) is 10.0 Å². The highest BCUT2D eigenvalue weighted by atomic mass is 32.2. The van der Waals surface area contributed by atoms with Gasteiger partial charge in [0, 0.05) is 19.2 Å². The normalized spacial score (nSPS) is 11.1. The summed E-state index contributed by atoms with van der Waals surface area (Å²) in [5, 5.41) is 22.5. The molecule has 0 aromatic heterocycles. The molecule has 1 rings (SSSR count). The Balaban J connectivity index is 2.69. The van der Waals surface area contributed by atoms with Crippen LogP contribution in [0.2, 0.25) is 0 Å². The van der Waals surface area contributed by atoms with E-state index in [-0.39, 0.29) is 18.7 Å². The monoisotopic (exact) mass is 303 g/mol. The molecule has 0 saturated heterocycles. The molecule has 0 radical (unpaired) electrons. The summed E-state index contributed by atoms with van der Waals surface area (Å²) in [5.74, 6) is -1.47. The Hall–Kier alpha value is -2.20. The van der Waals surface area contributed by atoms with Crippen LogP contribution in [-0.2, 0) is 10.0 Å². The van der Waals surface area contributed by atoms with Gasteiger partial charge in [-0.3, -0.25) is 14.9 Å². The molecule has 10 heteroatoms. The number of benzene rings is 1. The summed E-state index contributed by atoms with van der Waals surface area (Å²) in [6.45, 7) is -0.0473. The van der Waals surface area contributed by atoms with Gasteiger partial charge in [0.1, 0.15) is 0 Å². The van der Waals surface area contributed by atoms with Crippen LogP contribution in [0.25, 0.3) is 0 Å². The van der Waals surface area contributed by atoms with Crippen LogP contribution in [0.3, 0.4) is 0 Å². The molecule has 0 heterocycles. The third-order valence-electron chi connectivity index (χ3n) is 2.23. The standard InChI is InChI=1S/C10H13N3O6S/c1-20(18,19)12-6-5-11-10(15)7-3-2-4-8(9(7)14)13(16)17/h2-4,12,14H,5-6H2,1H3,(H,11,15). The minimum atomic E-state index is -3.35. The van der Waals surface area contributed by atoms with Crippen molar-refractivity contribution in [3.05, 3.63) is 33.9 Å². The van der Waals surface area contributed by atoms with Gasteiger partial charge in [-0.05, 0) is 6.07 Å². The van der Waals surface area contributed by atoms with Crippen LogP contribution in [0.15, 0.2) is 18.2 Å². The summed E-state index contributed by atoms with van der Waals surface area (Å²) in [4.78, 5) is 21.5. The van der Waals surface area contributed by atoms with Crippen LogP contribution in [0, 0.1) is 10.1 Å². The number of rotatable bonds is 6. The molecule has 0 unspecified atom stereocenters. The fraction of sp³-hybridized carbons (Fsp3) is 0.300. The first-order valence-electron chi connectivity index (χ1n) is 5.41. The van der Waals surface area contributed by atoms with Gasteiger partial charge in [-0.2, -0.15) is 0 Å². The Kier molecular flexibility index (Phi) is 5.00. The van der Waals surface area contributed by atoms with Gasteiger partial charge in [-0.1, -0.05) is 6.07 Å². The zero-order valence-electron chi connectivity index (χ0n) is 10.5. The Morgan fingerprint density at radius 1 is 1.40 bits per heavy atom. The molecule has 0 aliphatic rings. The van der Waals surface area contributed by atoms with E-state index in [4.69, 9.17) is 0 Å². The largest absolute Gasteiger partial charge is 0.502 e. The highest BCUT2D eigenvalue weighted by Gasteiger charge is 2.20. The van der Waals surface area contributed by atoms with Crippen molar-refractivity contribution in [2.45, 2.75) is 0 Å². The average molecular weight is 303 g/mol. The second-order valence-corrected chi connectivity index (χ2v) is 5.69.